The molecule has 0 aliphatic rings. The summed E-state index contributed by atoms with van der Waals surface area (Å²) in [5.74, 6) is 1.07. The second kappa shape index (κ2) is 7.49. The van der Waals surface area contributed by atoms with Crippen molar-refractivity contribution in [3.05, 3.63) is 24.2 Å². The van der Waals surface area contributed by atoms with Gasteiger partial charge in [0.2, 0.25) is 0 Å². The van der Waals surface area contributed by atoms with Gasteiger partial charge in [-0.3, -0.25) is 0 Å². The van der Waals surface area contributed by atoms with Crippen molar-refractivity contribution in [1.82, 2.24) is 5.32 Å². The first-order chi connectivity index (χ1) is 7.36. The van der Waals surface area contributed by atoms with Crippen LogP contribution in [0.2, 0.25) is 0 Å². The van der Waals surface area contributed by atoms with Gasteiger partial charge in [-0.2, -0.15) is 0 Å². The summed E-state index contributed by atoms with van der Waals surface area (Å²) >= 11 is 0. The molecule has 1 unspecified atom stereocenters. The largest absolute Gasteiger partial charge is 0.469 e. The lowest BCUT2D eigenvalue weighted by molar-refractivity contribution is 0.188. The molecule has 0 bridgehead atoms. The Labute approximate surface area is 91.8 Å². The molecule has 0 aliphatic carbocycles. The summed E-state index contributed by atoms with van der Waals surface area (Å²) in [5, 5.41) is 3.33. The standard InChI is InChI=1S/C12H21NO2/c1-13-11(5-3-9-14-2)7-8-12-6-4-10-15-12/h4,6,10-11,13H,3,5,7-9H2,1-2H3. The van der Waals surface area contributed by atoms with Crippen LogP contribution in [0.5, 0.6) is 0 Å². The van der Waals surface area contributed by atoms with E-state index in [1.54, 1.807) is 13.4 Å². The van der Waals surface area contributed by atoms with E-state index in [0.717, 1.165) is 38.1 Å². The molecule has 0 radical (unpaired) electrons. The lowest BCUT2D eigenvalue weighted by atomic mass is 10.1. The highest BCUT2D eigenvalue weighted by molar-refractivity contribution is 4.98. The fourth-order valence-electron chi connectivity index (χ4n) is 1.68. The first-order valence-corrected chi connectivity index (χ1v) is 5.55. The summed E-state index contributed by atoms with van der Waals surface area (Å²) in [6, 6.07) is 4.53. The number of furan rings is 1. The molecule has 0 aliphatic heterocycles. The van der Waals surface area contributed by atoms with Crippen LogP contribution in [0.1, 0.15) is 25.0 Å². The number of nitrogens with one attached hydrogen (secondary N) is 1. The Morgan fingerprint density at radius 2 is 2.33 bits per heavy atom. The maximum absolute atomic E-state index is 5.30. The highest BCUT2D eigenvalue weighted by atomic mass is 16.5. The molecule has 3 nitrogen and oxygen atoms in total. The molecule has 1 N–H and O–H groups in total. The molecule has 1 atom stereocenters. The maximum Gasteiger partial charge on any atom is 0.103 e. The molecule has 0 amide bonds. The summed E-state index contributed by atoms with van der Waals surface area (Å²) < 4.78 is 10.3. The van der Waals surface area contributed by atoms with Gasteiger partial charge in [-0.1, -0.05) is 0 Å². The van der Waals surface area contributed by atoms with Gasteiger partial charge in [0.15, 0.2) is 0 Å². The van der Waals surface area contributed by atoms with Gasteiger partial charge in [0.25, 0.3) is 0 Å². The molecule has 1 aromatic rings. The van der Waals surface area contributed by atoms with Crippen molar-refractivity contribution in [1.29, 1.82) is 0 Å². The first kappa shape index (κ1) is 12.3. The smallest absolute Gasteiger partial charge is 0.103 e. The van der Waals surface area contributed by atoms with Crippen molar-refractivity contribution >= 4 is 0 Å². The molecule has 0 saturated heterocycles. The topological polar surface area (TPSA) is 34.4 Å². The summed E-state index contributed by atoms with van der Waals surface area (Å²) in [5.41, 5.74) is 0. The summed E-state index contributed by atoms with van der Waals surface area (Å²) in [6.45, 7) is 0.846. The van der Waals surface area contributed by atoms with Crippen molar-refractivity contribution in [3.63, 3.8) is 0 Å². The third-order valence-electron chi connectivity index (χ3n) is 2.63. The van der Waals surface area contributed by atoms with Crippen molar-refractivity contribution < 1.29 is 9.15 Å². The van der Waals surface area contributed by atoms with Crippen LogP contribution < -0.4 is 5.32 Å². The van der Waals surface area contributed by atoms with Gasteiger partial charge in [-0.05, 0) is 38.4 Å². The van der Waals surface area contributed by atoms with E-state index in [2.05, 4.69) is 5.32 Å². The number of aryl methyl sites for hydroxylation is 1. The Balaban J connectivity index is 2.16. The van der Waals surface area contributed by atoms with Gasteiger partial charge in [-0.25, -0.2) is 0 Å². The van der Waals surface area contributed by atoms with E-state index in [0.29, 0.717) is 6.04 Å². The fourth-order valence-corrected chi connectivity index (χ4v) is 1.68. The minimum absolute atomic E-state index is 0.560. The average Bonchev–Trinajstić information content (AvgIpc) is 2.76. The normalized spacial score (nSPS) is 12.9. The molecular weight excluding hydrogens is 190 g/mol. The van der Waals surface area contributed by atoms with Crippen molar-refractivity contribution in [2.24, 2.45) is 0 Å². The second-order valence-corrected chi connectivity index (χ2v) is 3.74. The van der Waals surface area contributed by atoms with E-state index >= 15 is 0 Å². The van der Waals surface area contributed by atoms with Crippen LogP contribution in [0.4, 0.5) is 0 Å². The molecule has 0 saturated carbocycles. The van der Waals surface area contributed by atoms with Crippen molar-refractivity contribution in [2.45, 2.75) is 31.7 Å². The second-order valence-electron chi connectivity index (χ2n) is 3.74. The van der Waals surface area contributed by atoms with Gasteiger partial charge in [-0.15, -0.1) is 0 Å². The molecule has 1 heterocycles. The molecule has 86 valence electrons. The number of hydrogen-bond donors (Lipinski definition) is 1. The molecule has 0 aromatic carbocycles. The Bertz CT molecular complexity index is 234. The van der Waals surface area contributed by atoms with Crippen LogP contribution in [0.3, 0.4) is 0 Å². The van der Waals surface area contributed by atoms with Gasteiger partial charge in [0.1, 0.15) is 5.76 Å². The fraction of sp³-hybridized carbons (Fsp3) is 0.667. The molecule has 15 heavy (non-hydrogen) atoms. The lowest BCUT2D eigenvalue weighted by Gasteiger charge is -2.14. The minimum atomic E-state index is 0.560. The third-order valence-corrected chi connectivity index (χ3v) is 2.63. The van der Waals surface area contributed by atoms with Crippen molar-refractivity contribution in [3.8, 4) is 0 Å². The van der Waals surface area contributed by atoms with Crippen LogP contribution in [-0.4, -0.2) is 26.8 Å². The monoisotopic (exact) mass is 211 g/mol. The zero-order valence-corrected chi connectivity index (χ0v) is 9.66. The van der Waals surface area contributed by atoms with Crippen LogP contribution in [0.15, 0.2) is 22.8 Å². The Morgan fingerprint density at radius 1 is 1.47 bits per heavy atom. The number of hydrogen-bond acceptors (Lipinski definition) is 3. The molecule has 1 aromatic heterocycles. The van der Waals surface area contributed by atoms with Gasteiger partial charge >= 0.3 is 0 Å². The average molecular weight is 211 g/mol. The summed E-state index contributed by atoms with van der Waals surface area (Å²) in [4.78, 5) is 0. The zero-order chi connectivity index (χ0) is 10.9. The highest BCUT2D eigenvalue weighted by Crippen LogP contribution is 2.09. The Hall–Kier alpha value is -0.800. The maximum atomic E-state index is 5.30. The number of ether oxygens (including phenoxy) is 1. The van der Waals surface area contributed by atoms with E-state index in [1.807, 2.05) is 19.2 Å². The van der Waals surface area contributed by atoms with E-state index in [4.69, 9.17) is 9.15 Å². The quantitative estimate of drug-likeness (QED) is 0.670. The minimum Gasteiger partial charge on any atom is -0.469 e. The van der Waals surface area contributed by atoms with Crippen LogP contribution in [0, 0.1) is 0 Å². The summed E-state index contributed by atoms with van der Waals surface area (Å²) in [6.07, 6.45) is 6.12. The van der Waals surface area contributed by atoms with Crippen molar-refractivity contribution in [2.75, 3.05) is 20.8 Å². The molecule has 0 spiro atoms. The van der Waals surface area contributed by atoms with Gasteiger partial charge in [0, 0.05) is 26.2 Å². The predicted octanol–water partition coefficient (Wildman–Crippen LogP) is 2.23. The van der Waals surface area contributed by atoms with Crippen LogP contribution in [0.25, 0.3) is 0 Å². The first-order valence-electron chi connectivity index (χ1n) is 5.55. The lowest BCUT2D eigenvalue weighted by Crippen LogP contribution is -2.26. The van der Waals surface area contributed by atoms with E-state index < -0.39 is 0 Å². The number of rotatable bonds is 8. The molecule has 0 fully saturated rings. The summed E-state index contributed by atoms with van der Waals surface area (Å²) in [7, 11) is 3.76. The predicted molar refractivity (Wildman–Crippen MR) is 61.0 cm³/mol. The van der Waals surface area contributed by atoms with E-state index in [1.165, 1.54) is 0 Å². The Morgan fingerprint density at radius 3 is 2.93 bits per heavy atom. The van der Waals surface area contributed by atoms with E-state index in [9.17, 15) is 0 Å². The number of methoxy groups -OCH3 is 1. The zero-order valence-electron chi connectivity index (χ0n) is 9.66. The van der Waals surface area contributed by atoms with E-state index in [-0.39, 0.29) is 0 Å². The SMILES string of the molecule is CNC(CCCOC)CCc1ccco1. The van der Waals surface area contributed by atoms with Gasteiger partial charge in [0.05, 0.1) is 6.26 Å². The molecular formula is C12H21NO2. The molecule has 3 heteroatoms. The van der Waals surface area contributed by atoms with Crippen LogP contribution in [-0.2, 0) is 11.2 Å². The third kappa shape index (κ3) is 5.00. The van der Waals surface area contributed by atoms with Gasteiger partial charge < -0.3 is 14.5 Å². The molecule has 1 rings (SSSR count). The highest BCUT2D eigenvalue weighted by Gasteiger charge is 2.06. The Kier molecular flexibility index (Phi) is 6.12. The van der Waals surface area contributed by atoms with Crippen LogP contribution >= 0.6 is 0 Å².